The number of nitrogens with one attached hydrogen (secondary N) is 2. The maximum absolute atomic E-state index is 5.61. The number of hydrogen-bond donors (Lipinski definition) is 2. The Morgan fingerprint density at radius 1 is 1.37 bits per heavy atom. The fraction of sp³-hybridized carbons (Fsp3) is 0.533. The van der Waals surface area contributed by atoms with Crippen LogP contribution in [-0.4, -0.2) is 36.8 Å². The van der Waals surface area contributed by atoms with Gasteiger partial charge in [0.15, 0.2) is 0 Å². The second-order valence-electron chi connectivity index (χ2n) is 6.02. The van der Waals surface area contributed by atoms with E-state index in [-0.39, 0.29) is 5.41 Å². The molecule has 0 spiro atoms. The molecule has 4 nitrogen and oxygen atoms in total. The molecule has 4 rings (SSSR count). The molecule has 0 unspecified atom stereocenters. The van der Waals surface area contributed by atoms with Crippen LogP contribution in [0.3, 0.4) is 0 Å². The van der Waals surface area contributed by atoms with Gasteiger partial charge in [-0.25, -0.2) is 4.98 Å². The largest absolute Gasteiger partial charge is 0.379 e. The second kappa shape index (κ2) is 3.81. The smallest absolute Gasteiger partial charge is 0.0931 e. The molecule has 1 aliphatic heterocycles. The van der Waals surface area contributed by atoms with Crippen molar-refractivity contribution in [1.29, 1.82) is 0 Å². The molecule has 2 aliphatic rings. The van der Waals surface area contributed by atoms with Crippen LogP contribution in [0.25, 0.3) is 11.0 Å². The molecule has 0 amide bonds. The number of rotatable bonds is 4. The Kier molecular flexibility index (Phi) is 2.29. The molecule has 100 valence electrons. The molecule has 19 heavy (non-hydrogen) atoms. The van der Waals surface area contributed by atoms with Crippen molar-refractivity contribution in [3.63, 3.8) is 0 Å². The maximum Gasteiger partial charge on any atom is 0.0931 e. The minimum Gasteiger partial charge on any atom is -0.379 e. The lowest BCUT2D eigenvalue weighted by molar-refractivity contribution is -0.0985. The molecule has 4 heteroatoms. The summed E-state index contributed by atoms with van der Waals surface area (Å²) in [5, 5.41) is 3.37. The van der Waals surface area contributed by atoms with Crippen LogP contribution in [-0.2, 0) is 10.2 Å². The van der Waals surface area contributed by atoms with Crippen molar-refractivity contribution in [1.82, 2.24) is 15.3 Å². The van der Waals surface area contributed by atoms with E-state index in [9.17, 15) is 0 Å². The number of hydrogen-bond acceptors (Lipinski definition) is 3. The first-order valence-corrected chi connectivity index (χ1v) is 6.96. The molecule has 0 bridgehead atoms. The lowest BCUT2D eigenvalue weighted by atomic mass is 9.66. The number of fused-ring (bicyclic) bond motifs is 1. The predicted molar refractivity (Wildman–Crippen MR) is 74.2 cm³/mol. The minimum atomic E-state index is 0.204. The van der Waals surface area contributed by atoms with Crippen molar-refractivity contribution in [2.24, 2.45) is 5.41 Å². The van der Waals surface area contributed by atoms with Gasteiger partial charge < -0.3 is 15.0 Å². The van der Waals surface area contributed by atoms with Gasteiger partial charge in [-0.1, -0.05) is 6.07 Å². The number of imidazole rings is 1. The Balaban J connectivity index is 1.79. The van der Waals surface area contributed by atoms with Crippen LogP contribution in [0.1, 0.15) is 18.4 Å². The molecule has 0 radical (unpaired) electrons. The van der Waals surface area contributed by atoms with Gasteiger partial charge in [0, 0.05) is 12.0 Å². The second-order valence-corrected chi connectivity index (χ2v) is 6.02. The summed E-state index contributed by atoms with van der Waals surface area (Å²) in [6.07, 6.45) is 4.37. The van der Waals surface area contributed by atoms with E-state index in [1.165, 1.54) is 18.4 Å². The van der Waals surface area contributed by atoms with E-state index < -0.39 is 0 Å². The first-order chi connectivity index (χ1) is 9.30. The highest BCUT2D eigenvalue weighted by atomic mass is 16.5. The van der Waals surface area contributed by atoms with Crippen molar-refractivity contribution < 1.29 is 4.74 Å². The van der Waals surface area contributed by atoms with Crippen LogP contribution in [0.4, 0.5) is 0 Å². The third-order valence-electron chi connectivity index (χ3n) is 5.05. The molecule has 1 aliphatic carbocycles. The summed E-state index contributed by atoms with van der Waals surface area (Å²) in [6.45, 7) is 2.79. The molecular weight excluding hydrogens is 238 g/mol. The third kappa shape index (κ3) is 1.44. The number of aromatic nitrogens is 2. The van der Waals surface area contributed by atoms with Crippen molar-refractivity contribution in [2.45, 2.75) is 18.3 Å². The fourth-order valence-electron chi connectivity index (χ4n) is 3.63. The first kappa shape index (κ1) is 11.4. The molecule has 2 aromatic rings. The van der Waals surface area contributed by atoms with Crippen LogP contribution < -0.4 is 5.32 Å². The topological polar surface area (TPSA) is 49.9 Å². The Morgan fingerprint density at radius 2 is 2.21 bits per heavy atom. The van der Waals surface area contributed by atoms with E-state index in [1.54, 1.807) is 6.33 Å². The minimum absolute atomic E-state index is 0.204. The summed E-state index contributed by atoms with van der Waals surface area (Å²) in [4.78, 5) is 7.52. The first-order valence-electron chi connectivity index (χ1n) is 6.96. The Labute approximate surface area is 112 Å². The summed E-state index contributed by atoms with van der Waals surface area (Å²) in [5.74, 6) is 0. The number of benzene rings is 1. The Bertz CT molecular complexity index is 611. The standard InChI is InChI=1S/C15H19N3O/c1-16-7-14(4-5-14)15(8-19-9-15)11-2-3-12-13(6-11)18-10-17-12/h2-3,6,10,16H,4-5,7-9H2,1H3,(H,17,18). The number of ether oxygens (including phenoxy) is 1. The van der Waals surface area contributed by atoms with E-state index in [0.29, 0.717) is 5.41 Å². The lowest BCUT2D eigenvalue weighted by Gasteiger charge is -2.48. The summed E-state index contributed by atoms with van der Waals surface area (Å²) in [7, 11) is 2.05. The van der Waals surface area contributed by atoms with Gasteiger partial charge >= 0.3 is 0 Å². The summed E-state index contributed by atoms with van der Waals surface area (Å²) < 4.78 is 5.61. The highest BCUT2D eigenvalue weighted by Gasteiger charge is 2.63. The molecule has 1 aromatic carbocycles. The monoisotopic (exact) mass is 257 g/mol. The third-order valence-corrected chi connectivity index (χ3v) is 5.05. The van der Waals surface area contributed by atoms with Crippen LogP contribution in [0, 0.1) is 5.41 Å². The highest BCUT2D eigenvalue weighted by Crippen LogP contribution is 2.62. The van der Waals surface area contributed by atoms with Crippen LogP contribution >= 0.6 is 0 Å². The van der Waals surface area contributed by atoms with Crippen molar-refractivity contribution >= 4 is 11.0 Å². The van der Waals surface area contributed by atoms with Gasteiger partial charge in [-0.15, -0.1) is 0 Å². The van der Waals surface area contributed by atoms with Crippen LogP contribution in [0.15, 0.2) is 24.5 Å². The number of nitrogens with zero attached hydrogens (tertiary/aromatic N) is 1. The molecule has 2 heterocycles. The summed E-state index contributed by atoms with van der Waals surface area (Å²) in [5.41, 5.74) is 4.17. The van der Waals surface area contributed by atoms with Gasteiger partial charge in [0.05, 0.1) is 30.6 Å². The molecule has 2 fully saturated rings. The molecular formula is C15H19N3O. The molecule has 1 saturated carbocycles. The molecule has 0 atom stereocenters. The zero-order valence-electron chi connectivity index (χ0n) is 11.2. The Hall–Kier alpha value is -1.39. The van der Waals surface area contributed by atoms with E-state index in [2.05, 4.69) is 33.5 Å². The molecule has 1 aromatic heterocycles. The average molecular weight is 257 g/mol. The quantitative estimate of drug-likeness (QED) is 0.878. The predicted octanol–water partition coefficient (Wildman–Crippen LogP) is 1.83. The zero-order valence-corrected chi connectivity index (χ0v) is 11.2. The zero-order chi connectivity index (χ0) is 12.9. The van der Waals surface area contributed by atoms with Crippen LogP contribution in [0.2, 0.25) is 0 Å². The van der Waals surface area contributed by atoms with Gasteiger partial charge in [-0.05, 0) is 43.0 Å². The van der Waals surface area contributed by atoms with Crippen LogP contribution in [0.5, 0.6) is 0 Å². The fourth-order valence-corrected chi connectivity index (χ4v) is 3.63. The van der Waals surface area contributed by atoms with Crippen molar-refractivity contribution in [3.05, 3.63) is 30.1 Å². The van der Waals surface area contributed by atoms with Crippen molar-refractivity contribution in [2.75, 3.05) is 26.8 Å². The maximum atomic E-state index is 5.61. The normalized spacial score (nSPS) is 23.2. The number of H-pyrrole nitrogens is 1. The van der Waals surface area contributed by atoms with Crippen molar-refractivity contribution in [3.8, 4) is 0 Å². The SMILES string of the molecule is CNCC1(C2(c3ccc4nc[nH]c4c3)COC2)CC1. The lowest BCUT2D eigenvalue weighted by Crippen LogP contribution is -2.56. The number of aromatic amines is 1. The Morgan fingerprint density at radius 3 is 2.84 bits per heavy atom. The van der Waals surface area contributed by atoms with Gasteiger partial charge in [-0.2, -0.15) is 0 Å². The molecule has 2 N–H and O–H groups in total. The van der Waals surface area contributed by atoms with E-state index in [1.807, 2.05) is 7.05 Å². The average Bonchev–Trinajstić information content (AvgIpc) is 2.98. The highest BCUT2D eigenvalue weighted by molar-refractivity contribution is 5.75. The van der Waals surface area contributed by atoms with Gasteiger partial charge in [0.2, 0.25) is 0 Å². The van der Waals surface area contributed by atoms with E-state index in [4.69, 9.17) is 4.74 Å². The van der Waals surface area contributed by atoms with Gasteiger partial charge in [0.25, 0.3) is 0 Å². The summed E-state index contributed by atoms with van der Waals surface area (Å²) >= 11 is 0. The summed E-state index contributed by atoms with van der Waals surface area (Å²) in [6, 6.07) is 6.62. The van der Waals surface area contributed by atoms with Gasteiger partial charge in [-0.3, -0.25) is 0 Å². The van der Waals surface area contributed by atoms with E-state index in [0.717, 1.165) is 30.8 Å². The molecule has 1 saturated heterocycles. The van der Waals surface area contributed by atoms with Gasteiger partial charge in [0.1, 0.15) is 0 Å². The van der Waals surface area contributed by atoms with E-state index >= 15 is 0 Å².